The van der Waals surface area contributed by atoms with Crippen molar-refractivity contribution in [2.45, 2.75) is 19.0 Å². The van der Waals surface area contributed by atoms with Gasteiger partial charge in [-0.1, -0.05) is 36.4 Å². The zero-order valence-corrected chi connectivity index (χ0v) is 16.7. The number of ketones is 2. The van der Waals surface area contributed by atoms with E-state index < -0.39 is 29.8 Å². The molecule has 3 aliphatic heterocycles. The number of imide groups is 1. The summed E-state index contributed by atoms with van der Waals surface area (Å²) in [5.74, 6) is -2.65. The molecule has 3 heterocycles. The number of anilines is 1. The number of rotatable bonds is 4. The van der Waals surface area contributed by atoms with E-state index in [1.165, 1.54) is 6.92 Å². The van der Waals surface area contributed by atoms with Crippen LogP contribution in [0.1, 0.15) is 27.6 Å². The SMILES string of the molecule is CC(=O)c1ccc(N2C(=O)[C@@H]3[C@@H](C2=O)[C@@H]2C=CC=NN2[C@@H]3C(=O)c2ccccc2)cc1. The third kappa shape index (κ3) is 2.84. The summed E-state index contributed by atoms with van der Waals surface area (Å²) in [7, 11) is 0. The van der Waals surface area contributed by atoms with Gasteiger partial charge in [0.05, 0.1) is 23.6 Å². The highest BCUT2D eigenvalue weighted by Crippen LogP contribution is 2.46. The van der Waals surface area contributed by atoms with Crippen molar-refractivity contribution in [1.29, 1.82) is 0 Å². The number of nitrogens with zero attached hydrogens (tertiary/aromatic N) is 3. The van der Waals surface area contributed by atoms with Gasteiger partial charge in [-0.25, -0.2) is 4.90 Å². The molecule has 2 saturated heterocycles. The Morgan fingerprint density at radius 2 is 1.55 bits per heavy atom. The number of allylic oxidation sites excluding steroid dienone is 1. The number of hydrazone groups is 1. The van der Waals surface area contributed by atoms with Crippen molar-refractivity contribution in [1.82, 2.24) is 5.01 Å². The topological polar surface area (TPSA) is 87.1 Å². The van der Waals surface area contributed by atoms with Crippen LogP contribution < -0.4 is 4.90 Å². The smallest absolute Gasteiger partial charge is 0.240 e. The number of hydrogen-bond donors (Lipinski definition) is 0. The molecule has 0 radical (unpaired) electrons. The van der Waals surface area contributed by atoms with Crippen molar-refractivity contribution in [3.63, 3.8) is 0 Å². The Hall–Kier alpha value is -3.87. The second-order valence-electron chi connectivity index (χ2n) is 7.86. The number of carbonyl (C=O) groups excluding carboxylic acids is 4. The molecule has 7 heteroatoms. The first-order valence-electron chi connectivity index (χ1n) is 10.1. The second kappa shape index (κ2) is 7.12. The van der Waals surface area contributed by atoms with E-state index in [1.54, 1.807) is 65.8 Å². The molecule has 0 saturated carbocycles. The zero-order valence-electron chi connectivity index (χ0n) is 16.7. The predicted molar refractivity (Wildman–Crippen MR) is 114 cm³/mol. The quantitative estimate of drug-likeness (QED) is 0.568. The van der Waals surface area contributed by atoms with Crippen molar-refractivity contribution in [3.05, 3.63) is 77.9 Å². The van der Waals surface area contributed by atoms with Crippen LogP contribution in [0.3, 0.4) is 0 Å². The van der Waals surface area contributed by atoms with E-state index in [9.17, 15) is 19.2 Å². The van der Waals surface area contributed by atoms with Gasteiger partial charge in [-0.15, -0.1) is 0 Å². The Morgan fingerprint density at radius 1 is 0.871 bits per heavy atom. The average molecular weight is 413 g/mol. The first-order valence-corrected chi connectivity index (χ1v) is 10.1. The minimum Gasteiger partial charge on any atom is -0.295 e. The van der Waals surface area contributed by atoms with Crippen molar-refractivity contribution >= 4 is 35.3 Å². The van der Waals surface area contributed by atoms with Crippen LogP contribution >= 0.6 is 0 Å². The third-order valence-corrected chi connectivity index (χ3v) is 6.15. The van der Waals surface area contributed by atoms with Crippen molar-refractivity contribution in [3.8, 4) is 0 Å². The second-order valence-corrected chi connectivity index (χ2v) is 7.86. The van der Waals surface area contributed by atoms with E-state index in [0.717, 1.165) is 4.90 Å². The van der Waals surface area contributed by atoms with Crippen LogP contribution in [-0.2, 0) is 9.59 Å². The summed E-state index contributed by atoms with van der Waals surface area (Å²) >= 11 is 0. The first-order chi connectivity index (χ1) is 15.0. The maximum Gasteiger partial charge on any atom is 0.240 e. The molecule has 7 nitrogen and oxygen atoms in total. The monoisotopic (exact) mass is 413 g/mol. The summed E-state index contributed by atoms with van der Waals surface area (Å²) in [6.07, 6.45) is 5.11. The molecular weight excluding hydrogens is 394 g/mol. The molecule has 0 unspecified atom stereocenters. The first kappa shape index (κ1) is 19.1. The molecule has 0 spiro atoms. The van der Waals surface area contributed by atoms with Crippen molar-refractivity contribution in [2.24, 2.45) is 16.9 Å². The van der Waals surface area contributed by atoms with Gasteiger partial charge in [0.2, 0.25) is 11.8 Å². The summed E-state index contributed by atoms with van der Waals surface area (Å²) in [6.45, 7) is 1.45. The fourth-order valence-electron chi connectivity index (χ4n) is 4.71. The van der Waals surface area contributed by atoms with Gasteiger partial charge in [-0.05, 0) is 37.3 Å². The molecular formula is C24H19N3O4. The number of amides is 2. The Labute approximate surface area is 178 Å². The van der Waals surface area contributed by atoms with Gasteiger partial charge in [-0.3, -0.25) is 24.2 Å². The normalized spacial score (nSPS) is 26.2. The van der Waals surface area contributed by atoms with E-state index in [0.29, 0.717) is 16.8 Å². The highest BCUT2D eigenvalue weighted by Gasteiger charge is 2.64. The van der Waals surface area contributed by atoms with Gasteiger partial charge in [0, 0.05) is 17.3 Å². The molecule has 2 fully saturated rings. The highest BCUT2D eigenvalue weighted by molar-refractivity contribution is 6.24. The van der Waals surface area contributed by atoms with Gasteiger partial charge < -0.3 is 0 Å². The lowest BCUT2D eigenvalue weighted by Crippen LogP contribution is -2.46. The number of Topliss-reactive ketones (excluding diaryl/α,β-unsaturated/α-hetero) is 2. The van der Waals surface area contributed by atoms with E-state index >= 15 is 0 Å². The lowest BCUT2D eigenvalue weighted by molar-refractivity contribution is -0.123. The Kier molecular flexibility index (Phi) is 4.39. The summed E-state index contributed by atoms with van der Waals surface area (Å²) in [6, 6.07) is 13.8. The Bertz CT molecular complexity index is 1150. The minimum absolute atomic E-state index is 0.100. The van der Waals surface area contributed by atoms with E-state index in [1.807, 2.05) is 12.1 Å². The molecule has 2 amide bonds. The van der Waals surface area contributed by atoms with Crippen LogP contribution in [0.2, 0.25) is 0 Å². The summed E-state index contributed by atoms with van der Waals surface area (Å²) in [4.78, 5) is 53.0. The van der Waals surface area contributed by atoms with E-state index in [-0.39, 0.29) is 17.5 Å². The summed E-state index contributed by atoms with van der Waals surface area (Å²) in [5, 5.41) is 5.93. The molecule has 0 aliphatic carbocycles. The lowest BCUT2D eigenvalue weighted by Gasteiger charge is -2.30. The average Bonchev–Trinajstić information content (AvgIpc) is 3.27. The number of hydrogen-bond acceptors (Lipinski definition) is 6. The molecule has 2 aromatic carbocycles. The summed E-state index contributed by atoms with van der Waals surface area (Å²) < 4.78 is 0. The van der Waals surface area contributed by atoms with Crippen LogP contribution in [0, 0.1) is 11.8 Å². The molecule has 4 atom stereocenters. The fourth-order valence-corrected chi connectivity index (χ4v) is 4.71. The van der Waals surface area contributed by atoms with Gasteiger partial charge in [0.1, 0.15) is 6.04 Å². The molecule has 2 aromatic rings. The minimum atomic E-state index is -0.864. The van der Waals surface area contributed by atoms with Gasteiger partial charge >= 0.3 is 0 Å². The van der Waals surface area contributed by atoms with Crippen LogP contribution in [-0.4, -0.2) is 46.7 Å². The van der Waals surface area contributed by atoms with E-state index in [2.05, 4.69) is 5.10 Å². The maximum absolute atomic E-state index is 13.5. The lowest BCUT2D eigenvalue weighted by atomic mass is 9.86. The largest absolute Gasteiger partial charge is 0.295 e. The molecule has 3 aliphatic rings. The van der Waals surface area contributed by atoms with E-state index in [4.69, 9.17) is 0 Å². The maximum atomic E-state index is 13.5. The van der Waals surface area contributed by atoms with Crippen LogP contribution in [0.4, 0.5) is 5.69 Å². The predicted octanol–water partition coefficient (Wildman–Crippen LogP) is 2.49. The summed E-state index contributed by atoms with van der Waals surface area (Å²) in [5.41, 5.74) is 1.37. The number of carbonyl (C=O) groups is 4. The molecule has 0 N–H and O–H groups in total. The van der Waals surface area contributed by atoms with Crippen molar-refractivity contribution < 1.29 is 19.2 Å². The molecule has 0 aromatic heterocycles. The van der Waals surface area contributed by atoms with Gasteiger partial charge in [-0.2, -0.15) is 5.10 Å². The molecule has 31 heavy (non-hydrogen) atoms. The highest BCUT2D eigenvalue weighted by atomic mass is 16.2. The molecule has 5 rings (SSSR count). The molecule has 0 bridgehead atoms. The number of benzene rings is 2. The van der Waals surface area contributed by atoms with Crippen LogP contribution in [0.15, 0.2) is 71.9 Å². The third-order valence-electron chi connectivity index (χ3n) is 6.15. The van der Waals surface area contributed by atoms with Crippen LogP contribution in [0.5, 0.6) is 0 Å². The standard InChI is InChI=1S/C24H19N3O4/c1-14(28)15-9-11-17(12-10-15)26-23(30)19-18-8-5-13-25-27(18)21(20(19)24(26)31)22(29)16-6-3-2-4-7-16/h2-13,18-21H,1H3/t18-,19-,20+,21-/m0/s1. The fraction of sp³-hybridized carbons (Fsp3) is 0.208. The van der Waals surface area contributed by atoms with Gasteiger partial charge in [0.25, 0.3) is 0 Å². The Balaban J connectivity index is 1.55. The van der Waals surface area contributed by atoms with Gasteiger partial charge in [0.15, 0.2) is 11.6 Å². The Morgan fingerprint density at radius 3 is 2.23 bits per heavy atom. The van der Waals surface area contributed by atoms with Crippen LogP contribution in [0.25, 0.3) is 0 Å². The molecule has 154 valence electrons. The zero-order chi connectivity index (χ0) is 21.7. The number of fused-ring (bicyclic) bond motifs is 3. The van der Waals surface area contributed by atoms with Crippen molar-refractivity contribution in [2.75, 3.05) is 4.90 Å².